The number of ether oxygens (including phenoxy) is 2. The highest BCUT2D eigenvalue weighted by Gasteiger charge is 2.49. The third-order valence-electron chi connectivity index (χ3n) is 2.02. The molecule has 0 bridgehead atoms. The molecule has 0 aromatic heterocycles. The van der Waals surface area contributed by atoms with Gasteiger partial charge in [-0.15, -0.1) is 8.78 Å². The van der Waals surface area contributed by atoms with Crippen molar-refractivity contribution in [3.05, 3.63) is 23.7 Å². The van der Waals surface area contributed by atoms with E-state index in [4.69, 9.17) is 5.11 Å². The average Bonchev–Trinajstić information content (AvgIpc) is 2.37. The zero-order valence-electron chi connectivity index (χ0n) is 7.17. The minimum absolute atomic E-state index is 0.128. The van der Waals surface area contributed by atoms with E-state index in [-0.39, 0.29) is 17.9 Å². The second-order valence-electron chi connectivity index (χ2n) is 3.13. The van der Waals surface area contributed by atoms with Crippen LogP contribution in [0.1, 0.15) is 6.42 Å². The molecule has 1 aliphatic carbocycles. The van der Waals surface area contributed by atoms with Crippen LogP contribution in [-0.2, 0) is 14.3 Å². The van der Waals surface area contributed by atoms with Gasteiger partial charge in [-0.2, -0.15) is 0 Å². The Morgan fingerprint density at radius 3 is 2.80 bits per heavy atom. The van der Waals surface area contributed by atoms with E-state index in [1.807, 2.05) is 0 Å². The van der Waals surface area contributed by atoms with Crippen molar-refractivity contribution in [2.75, 3.05) is 0 Å². The lowest BCUT2D eigenvalue weighted by molar-refractivity contribution is -0.336. The maximum atomic E-state index is 12.6. The Morgan fingerprint density at radius 1 is 1.53 bits per heavy atom. The van der Waals surface area contributed by atoms with Crippen molar-refractivity contribution in [2.45, 2.75) is 17.0 Å². The van der Waals surface area contributed by atoms with Gasteiger partial charge in [-0.25, -0.2) is 0 Å². The highest BCUT2D eigenvalue weighted by molar-refractivity contribution is 9.10. The Bertz CT molecular complexity index is 390. The third kappa shape index (κ3) is 1.71. The number of carbonyl (C=O) groups is 1. The van der Waals surface area contributed by atoms with E-state index in [1.165, 1.54) is 6.08 Å². The normalized spacial score (nSPS) is 31.9. The maximum absolute atomic E-state index is 12.6. The predicted molar refractivity (Wildman–Crippen MR) is 47.2 cm³/mol. The lowest BCUT2D eigenvalue weighted by Gasteiger charge is -2.20. The first kappa shape index (κ1) is 10.4. The van der Waals surface area contributed by atoms with E-state index in [1.54, 1.807) is 0 Å². The summed E-state index contributed by atoms with van der Waals surface area (Å²) < 4.78 is 32.2. The highest BCUT2D eigenvalue weighted by Crippen LogP contribution is 2.43. The largest absolute Gasteiger partial charge is 0.585 e. The first-order valence-corrected chi connectivity index (χ1v) is 4.72. The van der Waals surface area contributed by atoms with Crippen LogP contribution in [0.2, 0.25) is 0 Å². The van der Waals surface area contributed by atoms with Gasteiger partial charge in [0.05, 0.1) is 0 Å². The Hall–Kier alpha value is -1.11. The first-order valence-electron chi connectivity index (χ1n) is 3.93. The van der Waals surface area contributed by atoms with E-state index in [0.29, 0.717) is 0 Å². The van der Waals surface area contributed by atoms with Crippen molar-refractivity contribution in [3.8, 4) is 0 Å². The van der Waals surface area contributed by atoms with E-state index >= 15 is 0 Å². The van der Waals surface area contributed by atoms with E-state index < -0.39 is 16.6 Å². The topological polar surface area (TPSA) is 55.8 Å². The minimum atomic E-state index is -3.70. The molecule has 0 saturated heterocycles. The van der Waals surface area contributed by atoms with Gasteiger partial charge in [0.2, 0.25) is 0 Å². The summed E-state index contributed by atoms with van der Waals surface area (Å²) in [6.45, 7) is 0. The summed E-state index contributed by atoms with van der Waals surface area (Å²) >= 11 is 2.93. The van der Waals surface area contributed by atoms with Gasteiger partial charge in [0.1, 0.15) is 4.32 Å². The minimum Gasteiger partial charge on any atom is -0.480 e. The van der Waals surface area contributed by atoms with Crippen molar-refractivity contribution in [3.63, 3.8) is 0 Å². The summed E-state index contributed by atoms with van der Waals surface area (Å²) in [7, 11) is 0. The van der Waals surface area contributed by atoms with Crippen LogP contribution in [0, 0.1) is 0 Å². The van der Waals surface area contributed by atoms with E-state index in [9.17, 15) is 13.6 Å². The standard InChI is InChI=1S/C8H5BrF2O4/c9-7(6(12)13)2-1-4-5(3-7)15-8(10,11)14-4/h1-2H,3H2,(H,12,13). The van der Waals surface area contributed by atoms with Crippen LogP contribution in [0.4, 0.5) is 8.78 Å². The monoisotopic (exact) mass is 282 g/mol. The van der Waals surface area contributed by atoms with Gasteiger partial charge in [0.15, 0.2) is 11.5 Å². The molecule has 0 aromatic carbocycles. The SMILES string of the molecule is O=C(O)C1(Br)C=CC2=C(C1)OC(F)(F)O2. The molecular weight excluding hydrogens is 278 g/mol. The molecule has 1 heterocycles. The Labute approximate surface area is 91.3 Å². The molecular formula is C8H5BrF2O4. The number of carboxylic acid groups (broad SMARTS) is 1. The van der Waals surface area contributed by atoms with Crippen molar-refractivity contribution in [1.29, 1.82) is 0 Å². The molecule has 0 spiro atoms. The number of rotatable bonds is 1. The average molecular weight is 283 g/mol. The molecule has 0 saturated carbocycles. The summed E-state index contributed by atoms with van der Waals surface area (Å²) in [6.07, 6.45) is -1.53. The van der Waals surface area contributed by atoms with Crippen molar-refractivity contribution >= 4 is 21.9 Å². The summed E-state index contributed by atoms with van der Waals surface area (Å²) in [5, 5.41) is 8.84. The van der Waals surface area contributed by atoms with E-state index in [0.717, 1.165) is 6.08 Å². The summed E-state index contributed by atoms with van der Waals surface area (Å²) in [4.78, 5) is 10.8. The number of alkyl halides is 3. The smallest absolute Gasteiger partial charge is 0.480 e. The fraction of sp³-hybridized carbons (Fsp3) is 0.375. The Balaban J connectivity index is 2.24. The van der Waals surface area contributed by atoms with Gasteiger partial charge < -0.3 is 14.6 Å². The molecule has 0 radical (unpaired) electrons. The number of hydrogen-bond acceptors (Lipinski definition) is 3. The molecule has 2 rings (SSSR count). The van der Waals surface area contributed by atoms with Crippen molar-refractivity contribution in [2.24, 2.45) is 0 Å². The first-order chi connectivity index (χ1) is 6.82. The number of aliphatic carboxylic acids is 1. The molecule has 1 aliphatic heterocycles. The van der Waals surface area contributed by atoms with Gasteiger partial charge in [0, 0.05) is 6.42 Å². The van der Waals surface area contributed by atoms with Gasteiger partial charge in [0.25, 0.3) is 0 Å². The number of allylic oxidation sites excluding steroid dienone is 2. The fourth-order valence-corrected chi connectivity index (χ4v) is 1.68. The number of halogens is 3. The molecule has 1 atom stereocenters. The zero-order chi connectivity index (χ0) is 11.3. The second-order valence-corrected chi connectivity index (χ2v) is 4.55. The molecule has 0 fully saturated rings. The zero-order valence-corrected chi connectivity index (χ0v) is 8.75. The van der Waals surface area contributed by atoms with Crippen molar-refractivity contribution < 1.29 is 28.2 Å². The van der Waals surface area contributed by atoms with Crippen molar-refractivity contribution in [1.82, 2.24) is 0 Å². The molecule has 0 amide bonds. The van der Waals surface area contributed by atoms with Gasteiger partial charge >= 0.3 is 12.3 Å². The predicted octanol–water partition coefficient (Wildman–Crippen LogP) is 1.97. The summed E-state index contributed by atoms with van der Waals surface area (Å²) in [5.74, 6) is -1.47. The van der Waals surface area contributed by atoms with Crippen LogP contribution < -0.4 is 0 Å². The molecule has 1 unspecified atom stereocenters. The maximum Gasteiger partial charge on any atom is 0.585 e. The molecule has 82 valence electrons. The lowest BCUT2D eigenvalue weighted by Crippen LogP contribution is -2.31. The summed E-state index contributed by atoms with van der Waals surface area (Å²) in [5.41, 5.74) is 0. The van der Waals surface area contributed by atoms with Gasteiger partial charge in [-0.1, -0.05) is 22.0 Å². The number of carboxylic acids is 1. The molecule has 1 N–H and O–H groups in total. The summed E-state index contributed by atoms with van der Waals surface area (Å²) in [6, 6.07) is 0. The van der Waals surface area contributed by atoms with Gasteiger partial charge in [-0.05, 0) is 6.08 Å². The molecule has 0 aromatic rings. The van der Waals surface area contributed by atoms with Crippen LogP contribution in [0.5, 0.6) is 0 Å². The van der Waals surface area contributed by atoms with Gasteiger partial charge in [-0.3, -0.25) is 4.79 Å². The number of hydrogen-bond donors (Lipinski definition) is 1. The van der Waals surface area contributed by atoms with Crippen LogP contribution >= 0.6 is 15.9 Å². The van der Waals surface area contributed by atoms with E-state index in [2.05, 4.69) is 25.4 Å². The van der Waals surface area contributed by atoms with Crippen LogP contribution in [0.3, 0.4) is 0 Å². The Kier molecular flexibility index (Phi) is 2.04. The molecule has 15 heavy (non-hydrogen) atoms. The quantitative estimate of drug-likeness (QED) is 0.747. The second kappa shape index (κ2) is 2.94. The molecule has 4 nitrogen and oxygen atoms in total. The fourth-order valence-electron chi connectivity index (χ4n) is 1.30. The van der Waals surface area contributed by atoms with Crippen LogP contribution in [0.25, 0.3) is 0 Å². The molecule has 2 aliphatic rings. The third-order valence-corrected chi connectivity index (χ3v) is 2.90. The highest BCUT2D eigenvalue weighted by atomic mass is 79.9. The lowest BCUT2D eigenvalue weighted by atomic mass is 9.98. The van der Waals surface area contributed by atoms with Crippen LogP contribution in [-0.4, -0.2) is 21.7 Å². The molecule has 7 heteroatoms. The Morgan fingerprint density at radius 2 is 2.20 bits per heavy atom. The van der Waals surface area contributed by atoms with Crippen LogP contribution in [0.15, 0.2) is 23.7 Å².